The van der Waals surface area contributed by atoms with Crippen LogP contribution in [0.1, 0.15) is 53.0 Å². The molecule has 0 atom stereocenters. The average Bonchev–Trinajstić information content (AvgIpc) is 2.53. The van der Waals surface area contributed by atoms with Crippen LogP contribution in [0.25, 0.3) is 0 Å². The van der Waals surface area contributed by atoms with E-state index >= 15 is 0 Å². The fourth-order valence-corrected chi connectivity index (χ4v) is 1.50. The fourth-order valence-electron chi connectivity index (χ4n) is 1.50. The number of ether oxygens (including phenoxy) is 1. The molecule has 2 aromatic rings. The van der Waals surface area contributed by atoms with Crippen molar-refractivity contribution in [3.05, 3.63) is 60.2 Å². The van der Waals surface area contributed by atoms with E-state index < -0.39 is 0 Å². The van der Waals surface area contributed by atoms with E-state index in [1.807, 2.05) is 64.1 Å². The Hall–Kier alpha value is -1.07. The molecule has 0 N–H and O–H groups in total. The zero-order chi connectivity index (χ0) is 15.4. The second-order valence-electron chi connectivity index (χ2n) is 4.06. The van der Waals surface area contributed by atoms with E-state index in [4.69, 9.17) is 4.74 Å². The Labute approximate surface area is 145 Å². The Morgan fingerprint density at radius 3 is 1.86 bits per heavy atom. The molecular weight excluding hydrogens is 428 g/mol. The second-order valence-corrected chi connectivity index (χ2v) is 4.06. The molecule has 0 amide bonds. The number of benzene rings is 2. The van der Waals surface area contributed by atoms with E-state index in [2.05, 4.69) is 32.0 Å². The molecule has 2 rings (SSSR count). The van der Waals surface area contributed by atoms with Gasteiger partial charge in [0.1, 0.15) is 5.75 Å². The predicted molar refractivity (Wildman–Crippen MR) is 88.6 cm³/mol. The van der Waals surface area contributed by atoms with Crippen LogP contribution in [0.2, 0.25) is 0 Å². The van der Waals surface area contributed by atoms with Crippen molar-refractivity contribution in [3.8, 4) is 11.5 Å². The Bertz CT molecular complexity index is 435. The third-order valence-electron chi connectivity index (χ3n) is 2.46. The van der Waals surface area contributed by atoms with E-state index in [1.165, 1.54) is 5.56 Å². The van der Waals surface area contributed by atoms with Crippen molar-refractivity contribution >= 4 is 0 Å². The summed E-state index contributed by atoms with van der Waals surface area (Å²) in [6.07, 6.45) is 0. The third-order valence-corrected chi connectivity index (χ3v) is 2.46. The van der Waals surface area contributed by atoms with Gasteiger partial charge < -0.3 is 4.74 Å². The van der Waals surface area contributed by atoms with E-state index in [9.17, 15) is 0 Å². The predicted octanol–water partition coefficient (Wildman–Crippen LogP) is 6.45. The summed E-state index contributed by atoms with van der Waals surface area (Å²) in [4.78, 5) is 0. The van der Waals surface area contributed by atoms with Crippen molar-refractivity contribution in [2.45, 2.75) is 47.5 Å². The molecule has 2 heteroatoms. The van der Waals surface area contributed by atoms with Crippen molar-refractivity contribution in [2.75, 3.05) is 0 Å². The van der Waals surface area contributed by atoms with Crippen LogP contribution < -0.4 is 4.74 Å². The number of hydrogen-bond acceptors (Lipinski definition) is 1. The molecule has 0 heterocycles. The summed E-state index contributed by atoms with van der Waals surface area (Å²) in [6, 6.07) is 18.7. The first-order valence-electron chi connectivity index (χ1n) is 7.49. The van der Waals surface area contributed by atoms with Crippen molar-refractivity contribution in [1.82, 2.24) is 0 Å². The van der Waals surface area contributed by atoms with Crippen LogP contribution in [0.3, 0.4) is 0 Å². The van der Waals surface area contributed by atoms with Gasteiger partial charge in [-0.05, 0) is 23.6 Å². The van der Waals surface area contributed by atoms with Crippen molar-refractivity contribution in [3.63, 3.8) is 0 Å². The molecule has 0 saturated carbocycles. The smallest absolute Gasteiger partial charge is 0.110 e. The molecule has 21 heavy (non-hydrogen) atoms. The Morgan fingerprint density at radius 1 is 0.857 bits per heavy atom. The average molecular weight is 455 g/mol. The molecule has 0 aromatic heterocycles. The van der Waals surface area contributed by atoms with Gasteiger partial charge in [0.2, 0.25) is 0 Å². The molecule has 0 saturated heterocycles. The van der Waals surface area contributed by atoms with Gasteiger partial charge in [0.15, 0.2) is 0 Å². The molecule has 0 bridgehead atoms. The van der Waals surface area contributed by atoms with Gasteiger partial charge in [-0.25, -0.2) is 0 Å². The van der Waals surface area contributed by atoms with E-state index in [0.29, 0.717) is 5.92 Å². The van der Waals surface area contributed by atoms with Crippen LogP contribution in [0, 0.1) is 6.07 Å². The van der Waals surface area contributed by atoms with Crippen LogP contribution in [0.15, 0.2) is 48.5 Å². The monoisotopic (exact) mass is 455 g/mol. The van der Waals surface area contributed by atoms with Gasteiger partial charge in [0.05, 0.1) is 0 Å². The van der Waals surface area contributed by atoms with E-state index in [-0.39, 0.29) is 21.1 Å². The van der Waals surface area contributed by atoms with Crippen LogP contribution in [-0.4, -0.2) is 0 Å². The number of hydrogen-bond donors (Lipinski definition) is 0. The molecule has 0 fully saturated rings. The van der Waals surface area contributed by atoms with E-state index in [0.717, 1.165) is 11.5 Å². The first kappa shape index (κ1) is 22.2. The van der Waals surface area contributed by atoms with Crippen molar-refractivity contribution in [1.29, 1.82) is 0 Å². The maximum Gasteiger partial charge on any atom is 0.110 e. The summed E-state index contributed by atoms with van der Waals surface area (Å²) in [5, 5.41) is 0. The zero-order valence-electron chi connectivity index (χ0n) is 14.0. The number of rotatable bonds is 3. The molecule has 1 nitrogen and oxygen atoms in total. The van der Waals surface area contributed by atoms with Gasteiger partial charge in [-0.3, -0.25) is 0 Å². The Balaban J connectivity index is 0. The fraction of sp³-hybridized carbons (Fsp3) is 0.368. The Kier molecular flexibility index (Phi) is 14.7. The second kappa shape index (κ2) is 13.9. The molecule has 0 aliphatic rings. The first-order valence-corrected chi connectivity index (χ1v) is 7.49. The maximum atomic E-state index is 5.68. The zero-order valence-corrected chi connectivity index (χ0v) is 16.9. The Morgan fingerprint density at radius 2 is 1.43 bits per heavy atom. The molecule has 116 valence electrons. The molecule has 0 radical (unpaired) electrons. The van der Waals surface area contributed by atoms with Crippen molar-refractivity contribution < 1.29 is 25.8 Å². The van der Waals surface area contributed by atoms with Gasteiger partial charge in [-0.2, -0.15) is 18.2 Å². The van der Waals surface area contributed by atoms with Crippen LogP contribution >= 0.6 is 0 Å². The van der Waals surface area contributed by atoms with Crippen LogP contribution in [0.5, 0.6) is 11.5 Å². The summed E-state index contributed by atoms with van der Waals surface area (Å²) < 4.78 is 5.68. The molecule has 0 spiro atoms. The summed E-state index contributed by atoms with van der Waals surface area (Å²) in [6.45, 7) is 12.4. The molecule has 0 aliphatic carbocycles. The van der Waals surface area contributed by atoms with Gasteiger partial charge in [-0.1, -0.05) is 53.7 Å². The largest absolute Gasteiger partial charge is 0.517 e. The third kappa shape index (κ3) is 8.73. The minimum Gasteiger partial charge on any atom is -0.517 e. The molecule has 0 aliphatic heterocycles. The minimum atomic E-state index is 0. The molecular formula is C19H27OW-. The summed E-state index contributed by atoms with van der Waals surface area (Å²) >= 11 is 0. The van der Waals surface area contributed by atoms with Gasteiger partial charge in [0, 0.05) is 26.8 Å². The van der Waals surface area contributed by atoms with E-state index in [1.54, 1.807) is 0 Å². The molecule has 0 unspecified atom stereocenters. The normalized spacial score (nSPS) is 8.52. The van der Waals surface area contributed by atoms with Crippen LogP contribution in [0.4, 0.5) is 0 Å². The summed E-state index contributed by atoms with van der Waals surface area (Å²) in [7, 11) is 0. The molecule has 2 aromatic carbocycles. The van der Waals surface area contributed by atoms with Gasteiger partial charge in [-0.15, -0.1) is 12.1 Å². The standard InChI is InChI=1S/C15H15O.2C2H6.W/c1-12(2)13-8-10-15(11-9-13)16-14-6-4-3-5-7-14;2*1-2;/h3-4,6-12H,1-2H3;2*1-2H3;/q-1;;;. The van der Waals surface area contributed by atoms with Gasteiger partial charge >= 0.3 is 0 Å². The minimum absolute atomic E-state index is 0. The maximum absolute atomic E-state index is 5.68. The summed E-state index contributed by atoms with van der Waals surface area (Å²) in [5.74, 6) is 2.24. The summed E-state index contributed by atoms with van der Waals surface area (Å²) in [5.41, 5.74) is 1.33. The van der Waals surface area contributed by atoms with Crippen LogP contribution in [-0.2, 0) is 21.1 Å². The SMILES string of the molecule is CC.CC.CC(C)c1ccc(Oc2c[c-]ccc2)cc1.[W]. The topological polar surface area (TPSA) is 9.23 Å². The van der Waals surface area contributed by atoms with Gasteiger partial charge in [0.25, 0.3) is 0 Å². The van der Waals surface area contributed by atoms with Crippen molar-refractivity contribution in [2.24, 2.45) is 0 Å². The first-order chi connectivity index (χ1) is 9.75. The quantitative estimate of drug-likeness (QED) is 0.484.